The van der Waals surface area contributed by atoms with Gasteiger partial charge >= 0.3 is 5.97 Å². The molecule has 4 heterocycles. The summed E-state index contributed by atoms with van der Waals surface area (Å²) >= 11 is 9.02. The van der Waals surface area contributed by atoms with Crippen molar-refractivity contribution in [1.82, 2.24) is 4.57 Å². The molecule has 7 nitrogen and oxygen atoms in total. The number of para-hydroxylation sites is 1. The minimum absolute atomic E-state index is 0.202. The van der Waals surface area contributed by atoms with Gasteiger partial charge in [-0.3, -0.25) is 14.2 Å². The summed E-state index contributed by atoms with van der Waals surface area (Å²) in [6, 6.07) is 17.9. The molecule has 2 aromatic heterocycles. The van der Waals surface area contributed by atoms with Crippen molar-refractivity contribution in [2.75, 3.05) is 11.5 Å². The molecule has 196 valence electrons. The summed E-state index contributed by atoms with van der Waals surface area (Å²) in [6.07, 6.45) is 0. The lowest BCUT2D eigenvalue weighted by Gasteiger charge is -2.23. The Kier molecular flexibility index (Phi) is 6.58. The van der Waals surface area contributed by atoms with Crippen molar-refractivity contribution >= 4 is 57.4 Å². The number of benzene rings is 2. The summed E-state index contributed by atoms with van der Waals surface area (Å²) in [5.41, 5.74) is 2.95. The van der Waals surface area contributed by atoms with Crippen LogP contribution in [0.2, 0.25) is 5.02 Å². The number of aromatic nitrogens is 1. The largest absolute Gasteiger partial charge is 0.463 e. The van der Waals surface area contributed by atoms with Gasteiger partial charge in [0.05, 0.1) is 35.7 Å². The maximum Gasteiger partial charge on any atom is 0.338 e. The quantitative estimate of drug-likeness (QED) is 0.330. The molecule has 0 saturated heterocycles. The number of allylic oxidation sites excluding steroid dienone is 1. The van der Waals surface area contributed by atoms with E-state index < -0.39 is 12.0 Å². The maximum absolute atomic E-state index is 14.1. The number of nitrogens with zero attached hydrogens (tertiary/aromatic N) is 3. The number of hydrogen-bond acceptors (Lipinski definition) is 7. The van der Waals surface area contributed by atoms with Crippen LogP contribution < -0.4 is 19.8 Å². The highest BCUT2D eigenvalue weighted by Gasteiger charge is 2.37. The predicted molar refractivity (Wildman–Crippen MR) is 153 cm³/mol. The second-order valence-electron chi connectivity index (χ2n) is 9.01. The van der Waals surface area contributed by atoms with Crippen molar-refractivity contribution in [3.05, 3.63) is 118 Å². The normalized spacial score (nSPS) is 17.7. The molecule has 2 aliphatic rings. The number of rotatable bonds is 5. The second kappa shape index (κ2) is 10.1. The van der Waals surface area contributed by atoms with Crippen molar-refractivity contribution < 1.29 is 14.3 Å². The predicted octanol–water partition coefficient (Wildman–Crippen LogP) is 4.43. The first kappa shape index (κ1) is 25.5. The molecule has 1 amide bonds. The van der Waals surface area contributed by atoms with E-state index in [4.69, 9.17) is 16.3 Å². The summed E-state index contributed by atoms with van der Waals surface area (Å²) in [5.74, 6) is -0.793. The Morgan fingerprint density at radius 1 is 1.08 bits per heavy atom. The average Bonchev–Trinajstić information content (AvgIpc) is 3.63. The minimum Gasteiger partial charge on any atom is -0.463 e. The molecule has 10 heteroatoms. The number of fused-ring (bicyclic) bond motifs is 2. The number of anilines is 1. The molecule has 0 N–H and O–H groups in total. The van der Waals surface area contributed by atoms with E-state index in [-0.39, 0.29) is 29.2 Å². The zero-order valence-corrected chi connectivity index (χ0v) is 23.4. The topological polar surface area (TPSA) is 81.0 Å². The molecular weight excluding hydrogens is 554 g/mol. The van der Waals surface area contributed by atoms with E-state index in [9.17, 15) is 14.4 Å². The fourth-order valence-corrected chi connectivity index (χ4v) is 7.17. The van der Waals surface area contributed by atoms with Crippen LogP contribution in [0.3, 0.4) is 0 Å². The van der Waals surface area contributed by atoms with Gasteiger partial charge in [-0.25, -0.2) is 9.79 Å². The van der Waals surface area contributed by atoms with Crippen molar-refractivity contribution in [2.45, 2.75) is 26.4 Å². The molecule has 4 aromatic rings. The molecular formula is C29H22ClN3O4S2. The Labute approximate surface area is 236 Å². The van der Waals surface area contributed by atoms with Crippen LogP contribution in [-0.4, -0.2) is 23.1 Å². The molecule has 39 heavy (non-hydrogen) atoms. The Balaban J connectivity index is 1.57. The number of hydrogen-bond donors (Lipinski definition) is 0. The zero-order valence-electron chi connectivity index (χ0n) is 21.0. The highest BCUT2D eigenvalue weighted by atomic mass is 35.5. The lowest BCUT2D eigenvalue weighted by Crippen LogP contribution is -2.40. The molecule has 0 aliphatic carbocycles. The van der Waals surface area contributed by atoms with Crippen LogP contribution in [0.25, 0.3) is 5.57 Å². The first-order chi connectivity index (χ1) is 18.9. The lowest BCUT2D eigenvalue weighted by atomic mass is 10.0. The Morgan fingerprint density at radius 2 is 1.85 bits per heavy atom. The van der Waals surface area contributed by atoms with Crippen molar-refractivity contribution in [1.29, 1.82) is 0 Å². The van der Waals surface area contributed by atoms with Crippen LogP contribution in [0.4, 0.5) is 5.69 Å². The number of esters is 1. The molecule has 0 saturated carbocycles. The Bertz CT molecular complexity index is 1850. The van der Waals surface area contributed by atoms with Crippen molar-refractivity contribution in [3.8, 4) is 0 Å². The number of carbonyl (C=O) groups excluding carboxylic acids is 2. The van der Waals surface area contributed by atoms with Crippen molar-refractivity contribution in [2.24, 2.45) is 4.99 Å². The van der Waals surface area contributed by atoms with Gasteiger partial charge in [-0.2, -0.15) is 0 Å². The number of amides is 1. The maximum atomic E-state index is 14.1. The van der Waals surface area contributed by atoms with Gasteiger partial charge < -0.3 is 9.64 Å². The van der Waals surface area contributed by atoms with Crippen LogP contribution in [0.15, 0.2) is 87.1 Å². The summed E-state index contributed by atoms with van der Waals surface area (Å²) in [4.78, 5) is 48.7. The van der Waals surface area contributed by atoms with Gasteiger partial charge in [-0.05, 0) is 43.0 Å². The first-order valence-electron chi connectivity index (χ1n) is 12.3. The molecule has 0 unspecified atom stereocenters. The van der Waals surface area contributed by atoms with E-state index in [1.54, 1.807) is 24.8 Å². The molecule has 2 aliphatic heterocycles. The van der Waals surface area contributed by atoms with E-state index in [1.807, 2.05) is 60.0 Å². The molecule has 0 fully saturated rings. The van der Waals surface area contributed by atoms with Crippen LogP contribution >= 0.6 is 34.3 Å². The van der Waals surface area contributed by atoms with Gasteiger partial charge in [0, 0.05) is 15.5 Å². The van der Waals surface area contributed by atoms with Gasteiger partial charge in [0.2, 0.25) is 0 Å². The van der Waals surface area contributed by atoms with E-state index in [0.29, 0.717) is 37.9 Å². The molecule has 2 aromatic carbocycles. The highest BCUT2D eigenvalue weighted by Crippen LogP contribution is 2.37. The molecule has 0 bridgehead atoms. The molecule has 0 radical (unpaired) electrons. The van der Waals surface area contributed by atoms with Gasteiger partial charge in [0.25, 0.3) is 11.5 Å². The summed E-state index contributed by atoms with van der Waals surface area (Å²) in [6.45, 7) is 3.95. The molecule has 6 rings (SSSR count). The molecule has 0 spiro atoms. The fraction of sp³-hybridized carbons (Fsp3) is 0.172. The van der Waals surface area contributed by atoms with Crippen LogP contribution in [0, 0.1) is 0 Å². The van der Waals surface area contributed by atoms with Crippen LogP contribution in [-0.2, 0) is 20.9 Å². The molecule has 1 atom stereocenters. The third-order valence-corrected chi connectivity index (χ3v) is 9.09. The number of thiazole rings is 1. The summed E-state index contributed by atoms with van der Waals surface area (Å²) in [7, 11) is 0. The Morgan fingerprint density at radius 3 is 2.59 bits per heavy atom. The minimum atomic E-state index is -0.694. The van der Waals surface area contributed by atoms with Crippen molar-refractivity contribution in [3.63, 3.8) is 0 Å². The first-order valence-corrected chi connectivity index (χ1v) is 14.4. The van der Waals surface area contributed by atoms with Gasteiger partial charge in [-0.1, -0.05) is 65.4 Å². The zero-order chi connectivity index (χ0) is 27.3. The van der Waals surface area contributed by atoms with E-state index in [0.717, 1.165) is 21.8 Å². The third kappa shape index (κ3) is 4.17. The van der Waals surface area contributed by atoms with E-state index >= 15 is 0 Å². The lowest BCUT2D eigenvalue weighted by molar-refractivity contribution is -0.139. The summed E-state index contributed by atoms with van der Waals surface area (Å²) < 4.78 is 7.15. The smallest absolute Gasteiger partial charge is 0.338 e. The number of ether oxygens (including phenoxy) is 1. The van der Waals surface area contributed by atoms with Gasteiger partial charge in [-0.15, -0.1) is 11.3 Å². The summed E-state index contributed by atoms with van der Waals surface area (Å²) in [5, 5.41) is 2.46. The number of halogens is 1. The average molecular weight is 576 g/mol. The fourth-order valence-electron chi connectivity index (χ4n) is 5.01. The van der Waals surface area contributed by atoms with Crippen LogP contribution in [0.1, 0.15) is 35.9 Å². The Hall–Kier alpha value is -3.79. The van der Waals surface area contributed by atoms with Gasteiger partial charge in [0.1, 0.15) is 10.6 Å². The highest BCUT2D eigenvalue weighted by molar-refractivity contribution is 7.10. The number of carbonyl (C=O) groups is 2. The van der Waals surface area contributed by atoms with E-state index in [2.05, 4.69) is 4.99 Å². The monoisotopic (exact) mass is 575 g/mol. The third-order valence-electron chi connectivity index (χ3n) is 6.74. The van der Waals surface area contributed by atoms with Gasteiger partial charge in [0.15, 0.2) is 4.80 Å². The number of thiophene rings is 1. The standard InChI is InChI=1S/C29H22ClN3O4S2/c1-3-37-28(36)22-16(2)31-29-33(24(22)21-13-8-14-38-21)27(35)25(39-29)23-18-10-5-7-12-20(18)32(26(23)34)15-17-9-4-6-11-19(17)30/h4-14,24H,3,15H2,1-2H3/b25-23+/t24-/m0/s1. The second-order valence-corrected chi connectivity index (χ2v) is 11.4. The SMILES string of the molecule is CCOC(=O)C1=C(C)N=c2s/c(=C3/C(=O)N(Cc4ccccc4Cl)c4ccccc43)c(=O)n2[C@H]1c1cccs1. The van der Waals surface area contributed by atoms with Crippen LogP contribution in [0.5, 0.6) is 0 Å². The van der Waals surface area contributed by atoms with E-state index in [1.165, 1.54) is 15.9 Å².